The molecule has 0 amide bonds. The van der Waals surface area contributed by atoms with E-state index >= 15 is 0 Å². The molecule has 16 heavy (non-hydrogen) atoms. The van der Waals surface area contributed by atoms with E-state index in [4.69, 9.17) is 5.73 Å². The molecule has 2 aromatic heterocycles. The maximum Gasteiger partial charge on any atom is 0.152 e. The Labute approximate surface area is 94.7 Å². The van der Waals surface area contributed by atoms with Crippen molar-refractivity contribution in [1.82, 2.24) is 14.6 Å². The summed E-state index contributed by atoms with van der Waals surface area (Å²) < 4.78 is 1.82. The van der Waals surface area contributed by atoms with Gasteiger partial charge in [0.25, 0.3) is 0 Å². The largest absolute Gasteiger partial charge is 0.367 e. The Morgan fingerprint density at radius 3 is 3.12 bits per heavy atom. The van der Waals surface area contributed by atoms with Crippen molar-refractivity contribution in [3.8, 4) is 0 Å². The smallest absolute Gasteiger partial charge is 0.152 e. The second-order valence-corrected chi connectivity index (χ2v) is 3.94. The normalized spacial score (nSPS) is 12.9. The van der Waals surface area contributed by atoms with E-state index in [1.54, 1.807) is 6.20 Å². The first-order valence-electron chi connectivity index (χ1n) is 5.51. The quantitative estimate of drug-likeness (QED) is 0.810. The van der Waals surface area contributed by atoms with E-state index < -0.39 is 0 Å². The average Bonchev–Trinajstić information content (AvgIpc) is 2.66. The van der Waals surface area contributed by atoms with E-state index in [2.05, 4.69) is 22.3 Å². The van der Waals surface area contributed by atoms with Crippen molar-refractivity contribution in [3.05, 3.63) is 24.2 Å². The van der Waals surface area contributed by atoms with E-state index in [1.165, 1.54) is 0 Å². The third kappa shape index (κ3) is 2.14. The number of aromatic nitrogens is 3. The topological polar surface area (TPSA) is 68.2 Å². The van der Waals surface area contributed by atoms with Gasteiger partial charge in [0, 0.05) is 25.0 Å². The zero-order chi connectivity index (χ0) is 11.5. The molecule has 0 saturated carbocycles. The minimum absolute atomic E-state index is 0.158. The summed E-state index contributed by atoms with van der Waals surface area (Å²) in [4.78, 5) is 4.30. The fourth-order valence-corrected chi connectivity index (χ4v) is 1.55. The summed E-state index contributed by atoms with van der Waals surface area (Å²) >= 11 is 0. The first-order valence-corrected chi connectivity index (χ1v) is 5.51. The van der Waals surface area contributed by atoms with Crippen LogP contribution in [0.1, 0.15) is 19.0 Å². The number of nitrogens with zero attached hydrogens (tertiary/aromatic N) is 3. The lowest BCUT2D eigenvalue weighted by Crippen LogP contribution is -2.28. The van der Waals surface area contributed by atoms with Crippen LogP contribution in [0.4, 0.5) is 5.82 Å². The molecular formula is C11H17N5. The van der Waals surface area contributed by atoms with Gasteiger partial charge in [0.05, 0.1) is 5.69 Å². The molecule has 2 aromatic rings. The number of aryl methyl sites for hydroxylation is 1. The van der Waals surface area contributed by atoms with Crippen molar-refractivity contribution in [1.29, 1.82) is 0 Å². The van der Waals surface area contributed by atoms with Gasteiger partial charge in [-0.2, -0.15) is 5.10 Å². The van der Waals surface area contributed by atoms with Crippen LogP contribution in [0.15, 0.2) is 18.5 Å². The Hall–Kier alpha value is -1.62. The van der Waals surface area contributed by atoms with Crippen molar-refractivity contribution in [2.75, 3.05) is 11.9 Å². The van der Waals surface area contributed by atoms with E-state index in [-0.39, 0.29) is 6.04 Å². The third-order valence-electron chi connectivity index (χ3n) is 2.57. The second-order valence-electron chi connectivity index (χ2n) is 3.94. The summed E-state index contributed by atoms with van der Waals surface area (Å²) in [7, 11) is 0. The third-order valence-corrected chi connectivity index (χ3v) is 2.57. The van der Waals surface area contributed by atoms with Gasteiger partial charge in [0.15, 0.2) is 5.82 Å². The van der Waals surface area contributed by atoms with Crippen molar-refractivity contribution in [3.63, 3.8) is 0 Å². The number of rotatable bonds is 4. The van der Waals surface area contributed by atoms with Crippen LogP contribution < -0.4 is 11.1 Å². The molecule has 5 heteroatoms. The van der Waals surface area contributed by atoms with Gasteiger partial charge in [-0.05, 0) is 19.4 Å². The SMILES string of the molecule is CCC(N)CNc1nccn2nc(C)cc12. The first-order chi connectivity index (χ1) is 7.70. The van der Waals surface area contributed by atoms with Crippen LogP contribution in [0.25, 0.3) is 5.52 Å². The van der Waals surface area contributed by atoms with Crippen molar-refractivity contribution in [2.45, 2.75) is 26.3 Å². The summed E-state index contributed by atoms with van der Waals surface area (Å²) in [6.45, 7) is 4.77. The highest BCUT2D eigenvalue weighted by Gasteiger charge is 2.06. The van der Waals surface area contributed by atoms with Crippen LogP contribution in [0.5, 0.6) is 0 Å². The zero-order valence-electron chi connectivity index (χ0n) is 9.64. The molecule has 1 atom stereocenters. The fourth-order valence-electron chi connectivity index (χ4n) is 1.55. The molecule has 0 spiro atoms. The van der Waals surface area contributed by atoms with Gasteiger partial charge in [-0.3, -0.25) is 0 Å². The number of nitrogens with two attached hydrogens (primary N) is 1. The molecule has 0 bridgehead atoms. The lowest BCUT2D eigenvalue weighted by molar-refractivity contribution is 0.678. The summed E-state index contributed by atoms with van der Waals surface area (Å²) in [6, 6.07) is 2.17. The molecule has 5 nitrogen and oxygen atoms in total. The maximum atomic E-state index is 5.86. The summed E-state index contributed by atoms with van der Waals surface area (Å²) in [6.07, 6.45) is 4.53. The molecule has 3 N–H and O–H groups in total. The molecule has 1 unspecified atom stereocenters. The predicted octanol–water partition coefficient (Wildman–Crippen LogP) is 1.19. The number of nitrogens with one attached hydrogen (secondary N) is 1. The van der Waals surface area contributed by atoms with Gasteiger partial charge in [0.1, 0.15) is 5.52 Å². The first kappa shape index (κ1) is 10.9. The van der Waals surface area contributed by atoms with E-state index in [0.717, 1.165) is 30.0 Å². The second kappa shape index (κ2) is 4.49. The number of anilines is 1. The van der Waals surface area contributed by atoms with E-state index in [1.807, 2.05) is 23.7 Å². The molecule has 86 valence electrons. The predicted molar refractivity (Wildman–Crippen MR) is 64.5 cm³/mol. The Morgan fingerprint density at radius 2 is 2.38 bits per heavy atom. The van der Waals surface area contributed by atoms with Crippen LogP contribution in [-0.4, -0.2) is 27.2 Å². The van der Waals surface area contributed by atoms with Crippen LogP contribution in [-0.2, 0) is 0 Å². The number of hydrogen-bond acceptors (Lipinski definition) is 4. The minimum atomic E-state index is 0.158. The fraction of sp³-hybridized carbons (Fsp3) is 0.455. The van der Waals surface area contributed by atoms with Crippen LogP contribution in [0.2, 0.25) is 0 Å². The Balaban J connectivity index is 2.23. The molecule has 0 fully saturated rings. The highest BCUT2D eigenvalue weighted by molar-refractivity contribution is 5.67. The molecule has 0 radical (unpaired) electrons. The molecule has 2 rings (SSSR count). The Kier molecular flexibility index (Phi) is 3.05. The number of fused-ring (bicyclic) bond motifs is 1. The summed E-state index contributed by atoms with van der Waals surface area (Å²) in [5.74, 6) is 0.840. The van der Waals surface area contributed by atoms with Crippen LogP contribution in [0.3, 0.4) is 0 Å². The molecule has 0 saturated heterocycles. The highest BCUT2D eigenvalue weighted by atomic mass is 15.2. The van der Waals surface area contributed by atoms with Crippen molar-refractivity contribution >= 4 is 11.3 Å². The van der Waals surface area contributed by atoms with Gasteiger partial charge in [-0.1, -0.05) is 6.92 Å². The van der Waals surface area contributed by atoms with Gasteiger partial charge in [0.2, 0.25) is 0 Å². The van der Waals surface area contributed by atoms with Gasteiger partial charge in [-0.25, -0.2) is 9.50 Å². The molecule has 0 aromatic carbocycles. The van der Waals surface area contributed by atoms with Gasteiger partial charge < -0.3 is 11.1 Å². The van der Waals surface area contributed by atoms with Crippen LogP contribution >= 0.6 is 0 Å². The molecule has 0 aliphatic rings. The number of hydrogen-bond donors (Lipinski definition) is 2. The van der Waals surface area contributed by atoms with Gasteiger partial charge in [-0.15, -0.1) is 0 Å². The molecule has 0 aliphatic carbocycles. The Morgan fingerprint density at radius 1 is 1.56 bits per heavy atom. The van der Waals surface area contributed by atoms with E-state index in [9.17, 15) is 0 Å². The average molecular weight is 219 g/mol. The molecule has 2 heterocycles. The molecular weight excluding hydrogens is 202 g/mol. The van der Waals surface area contributed by atoms with Gasteiger partial charge >= 0.3 is 0 Å². The Bertz CT molecular complexity index is 476. The standard InChI is InChI=1S/C11H17N5/c1-3-9(12)7-14-11-10-6-8(2)15-16(10)5-4-13-11/h4-6,9H,3,7,12H2,1-2H3,(H,13,14). The monoisotopic (exact) mass is 219 g/mol. The lowest BCUT2D eigenvalue weighted by Gasteiger charge is -2.11. The highest BCUT2D eigenvalue weighted by Crippen LogP contribution is 2.14. The zero-order valence-corrected chi connectivity index (χ0v) is 9.64. The molecule has 0 aliphatic heterocycles. The van der Waals surface area contributed by atoms with Crippen LogP contribution in [0, 0.1) is 6.92 Å². The van der Waals surface area contributed by atoms with E-state index in [0.29, 0.717) is 0 Å². The lowest BCUT2D eigenvalue weighted by atomic mass is 10.2. The summed E-state index contributed by atoms with van der Waals surface area (Å²) in [5.41, 5.74) is 7.83. The summed E-state index contributed by atoms with van der Waals surface area (Å²) in [5, 5.41) is 7.58. The van der Waals surface area contributed by atoms with Crippen molar-refractivity contribution < 1.29 is 0 Å². The van der Waals surface area contributed by atoms with Crippen molar-refractivity contribution in [2.24, 2.45) is 5.73 Å². The maximum absolute atomic E-state index is 5.86. The minimum Gasteiger partial charge on any atom is -0.367 e.